The second-order valence-electron chi connectivity index (χ2n) is 7.64. The summed E-state index contributed by atoms with van der Waals surface area (Å²) in [6, 6.07) is 21.7. The van der Waals surface area contributed by atoms with E-state index in [0.29, 0.717) is 18.5 Å². The van der Waals surface area contributed by atoms with Crippen molar-refractivity contribution in [2.45, 2.75) is 50.1 Å². The zero-order valence-electron chi connectivity index (χ0n) is 15.3. The molecule has 0 spiro atoms. The maximum atomic E-state index is 12.9. The SMILES string of the molecule is O=C(CC(c1ccccc1)c1ccccc1)N[C@H]1CCN2CCCC[C@H]12. The lowest BCUT2D eigenvalue weighted by Gasteiger charge is -2.32. The lowest BCUT2D eigenvalue weighted by atomic mass is 9.88. The Labute approximate surface area is 156 Å². The maximum Gasteiger partial charge on any atom is 0.221 e. The van der Waals surface area contributed by atoms with Gasteiger partial charge in [-0.1, -0.05) is 67.1 Å². The molecule has 4 rings (SSSR count). The summed E-state index contributed by atoms with van der Waals surface area (Å²) in [6.45, 7) is 2.34. The van der Waals surface area contributed by atoms with Gasteiger partial charge in [-0.05, 0) is 36.9 Å². The molecule has 1 N–H and O–H groups in total. The van der Waals surface area contributed by atoms with Gasteiger partial charge in [-0.2, -0.15) is 0 Å². The topological polar surface area (TPSA) is 32.3 Å². The van der Waals surface area contributed by atoms with Crippen LogP contribution >= 0.6 is 0 Å². The molecule has 2 saturated heterocycles. The lowest BCUT2D eigenvalue weighted by Crippen LogP contribution is -2.47. The molecule has 0 aromatic heterocycles. The van der Waals surface area contributed by atoms with Crippen molar-refractivity contribution in [3.8, 4) is 0 Å². The lowest BCUT2D eigenvalue weighted by molar-refractivity contribution is -0.122. The summed E-state index contributed by atoms with van der Waals surface area (Å²) in [7, 11) is 0. The van der Waals surface area contributed by atoms with E-state index >= 15 is 0 Å². The number of amides is 1. The summed E-state index contributed by atoms with van der Waals surface area (Å²) in [6.07, 6.45) is 5.44. The van der Waals surface area contributed by atoms with Gasteiger partial charge >= 0.3 is 0 Å². The van der Waals surface area contributed by atoms with Crippen molar-refractivity contribution in [2.24, 2.45) is 0 Å². The van der Waals surface area contributed by atoms with E-state index in [4.69, 9.17) is 0 Å². The van der Waals surface area contributed by atoms with Crippen LogP contribution in [0.1, 0.15) is 49.1 Å². The van der Waals surface area contributed by atoms with E-state index in [1.54, 1.807) is 0 Å². The Bertz CT molecular complexity index is 676. The molecular formula is C23H28N2O. The Balaban J connectivity index is 1.46. The molecule has 0 unspecified atom stereocenters. The average Bonchev–Trinajstić information content (AvgIpc) is 3.10. The minimum atomic E-state index is 0.112. The van der Waals surface area contributed by atoms with Crippen LogP contribution in [0, 0.1) is 0 Å². The molecule has 3 heteroatoms. The molecule has 2 fully saturated rings. The standard InChI is InChI=1S/C23H28N2O/c26-23(24-21-14-16-25-15-8-7-13-22(21)25)17-20(18-9-3-1-4-10-18)19-11-5-2-6-12-19/h1-6,9-12,20-22H,7-8,13-17H2,(H,24,26)/t21-,22+/m0/s1. The predicted octanol–water partition coefficient (Wildman–Crippen LogP) is 3.95. The van der Waals surface area contributed by atoms with Crippen molar-refractivity contribution in [3.63, 3.8) is 0 Å². The molecule has 0 radical (unpaired) electrons. The molecule has 2 heterocycles. The minimum Gasteiger partial charge on any atom is -0.352 e. The molecule has 0 saturated carbocycles. The van der Waals surface area contributed by atoms with Gasteiger partial charge in [0, 0.05) is 31.0 Å². The maximum absolute atomic E-state index is 12.9. The van der Waals surface area contributed by atoms with Crippen LogP contribution < -0.4 is 5.32 Å². The number of fused-ring (bicyclic) bond motifs is 1. The second-order valence-corrected chi connectivity index (χ2v) is 7.64. The van der Waals surface area contributed by atoms with Crippen LogP contribution in [0.4, 0.5) is 0 Å². The van der Waals surface area contributed by atoms with Crippen molar-refractivity contribution in [2.75, 3.05) is 13.1 Å². The van der Waals surface area contributed by atoms with E-state index in [0.717, 1.165) is 13.0 Å². The Morgan fingerprint density at radius 2 is 1.58 bits per heavy atom. The molecular weight excluding hydrogens is 320 g/mol. The summed E-state index contributed by atoms with van der Waals surface area (Å²) in [4.78, 5) is 15.5. The van der Waals surface area contributed by atoms with Crippen LogP contribution in [0.2, 0.25) is 0 Å². The van der Waals surface area contributed by atoms with Gasteiger partial charge in [-0.3, -0.25) is 9.69 Å². The van der Waals surface area contributed by atoms with Gasteiger partial charge in [0.2, 0.25) is 5.91 Å². The number of hydrogen-bond donors (Lipinski definition) is 1. The fraction of sp³-hybridized carbons (Fsp3) is 0.435. The Morgan fingerprint density at radius 1 is 0.923 bits per heavy atom. The van der Waals surface area contributed by atoms with Crippen molar-refractivity contribution < 1.29 is 4.79 Å². The first-order valence-corrected chi connectivity index (χ1v) is 9.94. The van der Waals surface area contributed by atoms with Crippen LogP contribution in [0.25, 0.3) is 0 Å². The number of carbonyl (C=O) groups excluding carboxylic acids is 1. The molecule has 2 aliphatic heterocycles. The predicted molar refractivity (Wildman–Crippen MR) is 105 cm³/mol. The number of piperidine rings is 1. The quantitative estimate of drug-likeness (QED) is 0.887. The van der Waals surface area contributed by atoms with E-state index in [1.807, 2.05) is 12.1 Å². The van der Waals surface area contributed by atoms with Crippen molar-refractivity contribution in [1.29, 1.82) is 0 Å². The number of benzene rings is 2. The van der Waals surface area contributed by atoms with Gasteiger partial charge < -0.3 is 5.32 Å². The normalized spacial score (nSPS) is 23.0. The van der Waals surface area contributed by atoms with Crippen LogP contribution in [-0.2, 0) is 4.79 Å². The third-order valence-electron chi connectivity index (χ3n) is 6.00. The summed E-state index contributed by atoms with van der Waals surface area (Å²) in [5, 5.41) is 3.37. The molecule has 0 bridgehead atoms. The fourth-order valence-corrected chi connectivity index (χ4v) is 4.67. The van der Waals surface area contributed by atoms with Gasteiger partial charge in [0.1, 0.15) is 0 Å². The van der Waals surface area contributed by atoms with Crippen molar-refractivity contribution in [3.05, 3.63) is 71.8 Å². The summed E-state index contributed by atoms with van der Waals surface area (Å²) in [5.74, 6) is 0.293. The smallest absolute Gasteiger partial charge is 0.221 e. The molecule has 2 aliphatic rings. The highest BCUT2D eigenvalue weighted by molar-refractivity contribution is 5.78. The highest BCUT2D eigenvalue weighted by atomic mass is 16.1. The molecule has 136 valence electrons. The highest BCUT2D eigenvalue weighted by Gasteiger charge is 2.36. The van der Waals surface area contributed by atoms with Crippen LogP contribution in [0.3, 0.4) is 0 Å². The zero-order valence-corrected chi connectivity index (χ0v) is 15.3. The van der Waals surface area contributed by atoms with E-state index in [-0.39, 0.29) is 11.8 Å². The molecule has 2 atom stereocenters. The largest absolute Gasteiger partial charge is 0.352 e. The Morgan fingerprint density at radius 3 is 2.23 bits per heavy atom. The summed E-state index contributed by atoms with van der Waals surface area (Å²) < 4.78 is 0. The molecule has 0 aliphatic carbocycles. The summed E-state index contributed by atoms with van der Waals surface area (Å²) >= 11 is 0. The molecule has 26 heavy (non-hydrogen) atoms. The van der Waals surface area contributed by atoms with Crippen molar-refractivity contribution in [1.82, 2.24) is 10.2 Å². The minimum absolute atomic E-state index is 0.112. The third-order valence-corrected chi connectivity index (χ3v) is 6.00. The number of rotatable bonds is 5. The number of hydrogen-bond acceptors (Lipinski definition) is 2. The van der Waals surface area contributed by atoms with Crippen molar-refractivity contribution >= 4 is 5.91 Å². The van der Waals surface area contributed by atoms with E-state index in [9.17, 15) is 4.79 Å². The van der Waals surface area contributed by atoms with Crippen LogP contribution in [0.5, 0.6) is 0 Å². The van der Waals surface area contributed by atoms with Crippen LogP contribution in [-0.4, -0.2) is 36.0 Å². The van der Waals surface area contributed by atoms with E-state index in [1.165, 1.54) is 36.9 Å². The summed E-state index contributed by atoms with van der Waals surface area (Å²) in [5.41, 5.74) is 2.42. The van der Waals surface area contributed by atoms with Crippen LogP contribution in [0.15, 0.2) is 60.7 Å². The molecule has 3 nitrogen and oxygen atoms in total. The monoisotopic (exact) mass is 348 g/mol. The third kappa shape index (κ3) is 3.83. The Kier molecular flexibility index (Phi) is 5.35. The first-order chi connectivity index (χ1) is 12.8. The Hall–Kier alpha value is -2.13. The van der Waals surface area contributed by atoms with Gasteiger partial charge in [0.25, 0.3) is 0 Å². The molecule has 2 aromatic carbocycles. The first-order valence-electron chi connectivity index (χ1n) is 9.94. The van der Waals surface area contributed by atoms with Gasteiger partial charge in [0.05, 0.1) is 0 Å². The number of carbonyl (C=O) groups is 1. The van der Waals surface area contributed by atoms with E-state index < -0.39 is 0 Å². The van der Waals surface area contributed by atoms with Gasteiger partial charge in [-0.25, -0.2) is 0 Å². The first kappa shape index (κ1) is 17.3. The average molecular weight is 348 g/mol. The molecule has 2 aromatic rings. The number of nitrogens with one attached hydrogen (secondary N) is 1. The highest BCUT2D eigenvalue weighted by Crippen LogP contribution is 2.30. The van der Waals surface area contributed by atoms with Gasteiger partial charge in [-0.15, -0.1) is 0 Å². The molecule has 1 amide bonds. The van der Waals surface area contributed by atoms with E-state index in [2.05, 4.69) is 58.7 Å². The fourth-order valence-electron chi connectivity index (χ4n) is 4.67. The second kappa shape index (κ2) is 8.05. The number of nitrogens with zero attached hydrogens (tertiary/aromatic N) is 1. The van der Waals surface area contributed by atoms with Gasteiger partial charge in [0.15, 0.2) is 0 Å². The zero-order chi connectivity index (χ0) is 17.8.